The zero-order valence-corrected chi connectivity index (χ0v) is 29.9. The summed E-state index contributed by atoms with van der Waals surface area (Å²) in [5.41, 5.74) is -6.93. The fraction of sp³-hybridized carbons (Fsp3) is 0.730. The predicted molar refractivity (Wildman–Crippen MR) is 171 cm³/mol. The van der Waals surface area contributed by atoms with Crippen molar-refractivity contribution in [2.45, 2.75) is 123 Å². The lowest BCUT2D eigenvalue weighted by Gasteiger charge is -2.69. The lowest BCUT2D eigenvalue weighted by Crippen LogP contribution is -2.84. The van der Waals surface area contributed by atoms with E-state index >= 15 is 0 Å². The van der Waals surface area contributed by atoms with Crippen molar-refractivity contribution in [2.75, 3.05) is 7.11 Å². The van der Waals surface area contributed by atoms with Crippen LogP contribution in [0, 0.1) is 39.9 Å². The summed E-state index contributed by atoms with van der Waals surface area (Å²) in [7, 11) is 1.27. The maximum atomic E-state index is 13.9. The second-order valence-corrected chi connectivity index (χ2v) is 16.0. The summed E-state index contributed by atoms with van der Waals surface area (Å²) in [4.78, 5) is 54.2. The van der Waals surface area contributed by atoms with Crippen LogP contribution in [-0.2, 0) is 42.9 Å². The van der Waals surface area contributed by atoms with E-state index in [0.29, 0.717) is 36.8 Å². The minimum absolute atomic E-state index is 0.195. The van der Waals surface area contributed by atoms with Crippen LogP contribution in [0.1, 0.15) is 99.2 Å². The first-order valence-corrected chi connectivity index (χ1v) is 17.4. The van der Waals surface area contributed by atoms with Crippen LogP contribution in [0.2, 0.25) is 0 Å². The van der Waals surface area contributed by atoms with E-state index in [9.17, 15) is 29.4 Å². The highest BCUT2D eigenvalue weighted by Crippen LogP contribution is 2.82. The summed E-state index contributed by atoms with van der Waals surface area (Å²) in [6.07, 6.45) is 1.82. The van der Waals surface area contributed by atoms with Crippen molar-refractivity contribution in [3.8, 4) is 0 Å². The molecular formula is C37H50O12. The average molecular weight is 687 g/mol. The number of rotatable bonds is 9. The zero-order chi connectivity index (χ0) is 36.1. The number of cyclic esters (lactones) is 1. The number of aliphatic hydroxyl groups is 2. The lowest BCUT2D eigenvalue weighted by molar-refractivity contribution is -0.386. The fourth-order valence-electron chi connectivity index (χ4n) is 10.4. The van der Waals surface area contributed by atoms with E-state index in [-0.39, 0.29) is 6.42 Å². The van der Waals surface area contributed by atoms with E-state index in [2.05, 4.69) is 0 Å². The number of carbonyl (C=O) groups excluding carboxylic acids is 4. The molecule has 2 saturated heterocycles. The average Bonchev–Trinajstić information content (AvgIpc) is 3.72. The van der Waals surface area contributed by atoms with Crippen molar-refractivity contribution in [3.63, 3.8) is 0 Å². The minimum atomic E-state index is -2.55. The molecule has 0 aromatic carbocycles. The Labute approximate surface area is 286 Å². The van der Waals surface area contributed by atoms with Crippen LogP contribution in [0.25, 0.3) is 0 Å². The number of hydrogen-bond donors (Lipinski definition) is 2. The van der Waals surface area contributed by atoms with Crippen molar-refractivity contribution < 1.29 is 57.5 Å². The largest absolute Gasteiger partial charge is 0.472 e. The number of hydrogen-bond acceptors (Lipinski definition) is 12. The highest BCUT2D eigenvalue weighted by molar-refractivity contribution is 5.86. The molecule has 0 amide bonds. The van der Waals surface area contributed by atoms with Crippen molar-refractivity contribution >= 4 is 23.9 Å². The first kappa shape index (κ1) is 35.6. The van der Waals surface area contributed by atoms with Crippen molar-refractivity contribution in [1.29, 1.82) is 0 Å². The predicted octanol–water partition coefficient (Wildman–Crippen LogP) is 4.56. The molecule has 2 bridgehead atoms. The molecule has 2 aliphatic carbocycles. The van der Waals surface area contributed by atoms with Gasteiger partial charge in [0.1, 0.15) is 17.8 Å². The van der Waals surface area contributed by atoms with Crippen LogP contribution in [0.15, 0.2) is 34.7 Å². The standard InChI is InChI=1S/C37H50O12/c1-10-19(3)28(40)47-30-32(5,6)23(16-25(38)44-9)34(8)22-12-14-33(7)24(17-26(39)46-27(33)21-13-15-45-18-21)35(22)31(48-29(41)20(4)11-2)36(30,42)37(34,43)49-35/h13,15,17-20,22-23,27,30-31,42-43H,10-12,14,16H2,1-9H3/t19-,20-,22+,23-,27-,30-,31-,33+,34+,35+,36-,37+/m0/s1. The van der Waals surface area contributed by atoms with Gasteiger partial charge in [-0.05, 0) is 43.2 Å². The second kappa shape index (κ2) is 11.4. The lowest BCUT2D eigenvalue weighted by atomic mass is 9.36. The zero-order valence-electron chi connectivity index (χ0n) is 29.9. The third-order valence-electron chi connectivity index (χ3n) is 13.3. The van der Waals surface area contributed by atoms with Gasteiger partial charge in [0.05, 0.1) is 31.5 Å². The topological polar surface area (TPSA) is 168 Å². The van der Waals surface area contributed by atoms with Crippen molar-refractivity contribution in [2.24, 2.45) is 39.9 Å². The summed E-state index contributed by atoms with van der Waals surface area (Å²) in [5.74, 6) is -7.67. The van der Waals surface area contributed by atoms with Crippen LogP contribution < -0.4 is 0 Å². The Morgan fingerprint density at radius 2 is 1.61 bits per heavy atom. The maximum absolute atomic E-state index is 13.9. The van der Waals surface area contributed by atoms with Gasteiger partial charge in [0.15, 0.2) is 11.7 Å². The molecule has 4 heterocycles. The van der Waals surface area contributed by atoms with Gasteiger partial charge in [-0.15, -0.1) is 0 Å². The molecule has 5 aliphatic rings. The first-order valence-electron chi connectivity index (χ1n) is 17.4. The minimum Gasteiger partial charge on any atom is -0.472 e. The highest BCUT2D eigenvalue weighted by Gasteiger charge is 2.96. The number of methoxy groups -OCH3 is 1. The molecule has 49 heavy (non-hydrogen) atoms. The highest BCUT2D eigenvalue weighted by atomic mass is 16.7. The summed E-state index contributed by atoms with van der Waals surface area (Å²) in [6, 6.07) is 1.71. The number of furan rings is 1. The van der Waals surface area contributed by atoms with Crippen LogP contribution >= 0.6 is 0 Å². The number of carbonyl (C=O) groups is 4. The Kier molecular flexibility index (Phi) is 8.28. The van der Waals surface area contributed by atoms with E-state index in [1.807, 2.05) is 20.8 Å². The Bertz CT molecular complexity index is 1560. The molecule has 12 heteroatoms. The number of fused-ring (bicyclic) bond motifs is 2. The first-order chi connectivity index (χ1) is 22.9. The van der Waals surface area contributed by atoms with Gasteiger partial charge in [0.2, 0.25) is 5.79 Å². The molecule has 1 aromatic rings. The van der Waals surface area contributed by atoms with Gasteiger partial charge in [0.25, 0.3) is 0 Å². The smallest absolute Gasteiger partial charge is 0.331 e. The Balaban J connectivity index is 1.66. The molecule has 270 valence electrons. The number of esters is 4. The quantitative estimate of drug-likeness (QED) is 0.275. The molecule has 2 saturated carbocycles. The molecule has 4 fully saturated rings. The molecule has 1 spiro atoms. The molecular weight excluding hydrogens is 636 g/mol. The monoisotopic (exact) mass is 686 g/mol. The van der Waals surface area contributed by atoms with E-state index in [1.165, 1.54) is 25.7 Å². The van der Waals surface area contributed by atoms with Gasteiger partial charge in [-0.1, -0.05) is 55.4 Å². The summed E-state index contributed by atoms with van der Waals surface area (Å²) < 4.78 is 36.0. The maximum Gasteiger partial charge on any atom is 0.331 e. The summed E-state index contributed by atoms with van der Waals surface area (Å²) in [5, 5.41) is 26.7. The fourth-order valence-corrected chi connectivity index (χ4v) is 10.4. The van der Waals surface area contributed by atoms with Gasteiger partial charge in [-0.3, -0.25) is 14.4 Å². The molecule has 12 atom stereocenters. The van der Waals surface area contributed by atoms with Gasteiger partial charge >= 0.3 is 23.9 Å². The van der Waals surface area contributed by atoms with E-state index in [1.54, 1.807) is 40.7 Å². The van der Waals surface area contributed by atoms with Gasteiger partial charge < -0.3 is 38.3 Å². The van der Waals surface area contributed by atoms with Crippen LogP contribution in [0.5, 0.6) is 0 Å². The Morgan fingerprint density at radius 3 is 2.16 bits per heavy atom. The third-order valence-corrected chi connectivity index (χ3v) is 13.3. The van der Waals surface area contributed by atoms with E-state index < -0.39 is 99.1 Å². The second-order valence-electron chi connectivity index (χ2n) is 16.0. The molecule has 6 rings (SSSR count). The van der Waals surface area contributed by atoms with Crippen LogP contribution in [0.3, 0.4) is 0 Å². The molecule has 2 N–H and O–H groups in total. The van der Waals surface area contributed by atoms with E-state index in [4.69, 9.17) is 28.1 Å². The Hall–Kier alpha value is -3.22. The SMILES string of the molecule is CC[C@H](C)C(=O)O[C@H]1C(C)(C)[C@H](CC(=O)OC)[C@@]2(C)[C@H]3CC[C@]4(C)C(=CC(=O)O[C@H]4c4ccoc4)[C@]34O[C@@]2(O)[C@@]1(O)[C@H]4OC(=O)[C@@H](C)CC. The summed E-state index contributed by atoms with van der Waals surface area (Å²) >= 11 is 0. The molecule has 12 nitrogen and oxygen atoms in total. The van der Waals surface area contributed by atoms with Crippen LogP contribution in [-0.4, -0.2) is 70.4 Å². The molecule has 1 aromatic heterocycles. The molecule has 0 unspecified atom stereocenters. The van der Waals surface area contributed by atoms with Gasteiger partial charge in [-0.25, -0.2) is 4.79 Å². The molecule has 3 aliphatic heterocycles. The van der Waals surface area contributed by atoms with Crippen LogP contribution in [0.4, 0.5) is 0 Å². The van der Waals surface area contributed by atoms with Crippen molar-refractivity contribution in [1.82, 2.24) is 0 Å². The Morgan fingerprint density at radius 1 is 1.00 bits per heavy atom. The van der Waals surface area contributed by atoms with Crippen molar-refractivity contribution in [3.05, 3.63) is 35.8 Å². The summed E-state index contributed by atoms with van der Waals surface area (Å²) in [6.45, 7) is 14.3. The number of ether oxygens (including phenoxy) is 5. The van der Waals surface area contributed by atoms with E-state index in [0.717, 1.165) is 0 Å². The third kappa shape index (κ3) is 4.32. The van der Waals surface area contributed by atoms with Gasteiger partial charge in [0, 0.05) is 40.2 Å². The molecule has 0 radical (unpaired) electrons. The van der Waals surface area contributed by atoms with Gasteiger partial charge in [-0.2, -0.15) is 0 Å². The normalized spacial score (nSPS) is 42.6.